The van der Waals surface area contributed by atoms with E-state index in [9.17, 15) is 4.79 Å². The quantitative estimate of drug-likeness (QED) is 0.709. The van der Waals surface area contributed by atoms with E-state index in [4.69, 9.17) is 0 Å². The summed E-state index contributed by atoms with van der Waals surface area (Å²) in [4.78, 5) is 14.1. The average Bonchev–Trinajstić information content (AvgIpc) is 2.26. The number of nitrogens with zero attached hydrogens (tertiary/aromatic N) is 1. The molecule has 94 valence electrons. The van der Waals surface area contributed by atoms with Crippen LogP contribution in [-0.4, -0.2) is 29.2 Å². The SMILES string of the molecule is CC(Br)CN(C)C(=O)CCC1CCCCC1. The Morgan fingerprint density at radius 3 is 2.56 bits per heavy atom. The van der Waals surface area contributed by atoms with Crippen LogP contribution in [0.4, 0.5) is 0 Å². The van der Waals surface area contributed by atoms with Gasteiger partial charge in [0.05, 0.1) is 0 Å². The summed E-state index contributed by atoms with van der Waals surface area (Å²) in [6.07, 6.45) is 8.64. The number of halogens is 1. The monoisotopic (exact) mass is 289 g/mol. The molecule has 0 radical (unpaired) electrons. The second-order valence-electron chi connectivity index (χ2n) is 5.10. The maximum Gasteiger partial charge on any atom is 0.222 e. The van der Waals surface area contributed by atoms with Crippen LogP contribution in [0.3, 0.4) is 0 Å². The Balaban J connectivity index is 2.17. The van der Waals surface area contributed by atoms with E-state index < -0.39 is 0 Å². The maximum absolute atomic E-state index is 11.8. The van der Waals surface area contributed by atoms with Gasteiger partial charge < -0.3 is 4.90 Å². The molecule has 1 aliphatic rings. The van der Waals surface area contributed by atoms with Gasteiger partial charge in [0.25, 0.3) is 0 Å². The summed E-state index contributed by atoms with van der Waals surface area (Å²) in [5, 5.41) is 0. The van der Waals surface area contributed by atoms with Gasteiger partial charge in [-0.1, -0.05) is 55.0 Å². The van der Waals surface area contributed by atoms with Crippen molar-refractivity contribution in [2.24, 2.45) is 5.92 Å². The predicted octanol–water partition coefficient (Wildman–Crippen LogP) is 3.59. The van der Waals surface area contributed by atoms with Gasteiger partial charge in [0, 0.05) is 24.8 Å². The van der Waals surface area contributed by atoms with Crippen LogP contribution < -0.4 is 0 Å². The molecule has 1 amide bonds. The first-order valence-corrected chi connectivity index (χ1v) is 7.39. The van der Waals surface area contributed by atoms with Gasteiger partial charge in [-0.2, -0.15) is 0 Å². The second-order valence-corrected chi connectivity index (χ2v) is 6.66. The molecule has 0 N–H and O–H groups in total. The first-order chi connectivity index (χ1) is 7.59. The number of carbonyl (C=O) groups is 1. The van der Waals surface area contributed by atoms with E-state index in [0.29, 0.717) is 10.7 Å². The largest absolute Gasteiger partial charge is 0.345 e. The van der Waals surface area contributed by atoms with Crippen molar-refractivity contribution < 1.29 is 4.79 Å². The fourth-order valence-electron chi connectivity index (χ4n) is 2.47. The molecule has 1 atom stereocenters. The number of rotatable bonds is 5. The van der Waals surface area contributed by atoms with Crippen molar-refractivity contribution in [2.45, 2.75) is 56.7 Å². The molecule has 0 aromatic heterocycles. The third-order valence-corrected chi connectivity index (χ3v) is 3.73. The molecule has 0 heterocycles. The van der Waals surface area contributed by atoms with Gasteiger partial charge in [0.1, 0.15) is 0 Å². The Bertz CT molecular complexity index is 212. The van der Waals surface area contributed by atoms with Crippen molar-refractivity contribution in [3.63, 3.8) is 0 Å². The van der Waals surface area contributed by atoms with Crippen LogP contribution in [0.25, 0.3) is 0 Å². The zero-order valence-corrected chi connectivity index (χ0v) is 12.1. The van der Waals surface area contributed by atoms with Gasteiger partial charge in [-0.15, -0.1) is 0 Å². The molecule has 3 heteroatoms. The van der Waals surface area contributed by atoms with Crippen LogP contribution in [-0.2, 0) is 4.79 Å². The summed E-state index contributed by atoms with van der Waals surface area (Å²) >= 11 is 3.48. The summed E-state index contributed by atoms with van der Waals surface area (Å²) in [6, 6.07) is 0. The van der Waals surface area contributed by atoms with Crippen molar-refractivity contribution in [1.29, 1.82) is 0 Å². The van der Waals surface area contributed by atoms with Crippen molar-refractivity contribution in [2.75, 3.05) is 13.6 Å². The minimum Gasteiger partial charge on any atom is -0.345 e. The minimum atomic E-state index is 0.303. The lowest BCUT2D eigenvalue weighted by Gasteiger charge is -2.23. The van der Waals surface area contributed by atoms with E-state index in [1.54, 1.807) is 0 Å². The molecule has 0 spiro atoms. The summed E-state index contributed by atoms with van der Waals surface area (Å²) in [5.41, 5.74) is 0. The van der Waals surface area contributed by atoms with Crippen LogP contribution in [0.2, 0.25) is 0 Å². The highest BCUT2D eigenvalue weighted by Crippen LogP contribution is 2.27. The van der Waals surface area contributed by atoms with Gasteiger partial charge in [-0.3, -0.25) is 4.79 Å². The summed E-state index contributed by atoms with van der Waals surface area (Å²) < 4.78 is 0. The van der Waals surface area contributed by atoms with Crippen molar-refractivity contribution in [3.8, 4) is 0 Å². The lowest BCUT2D eigenvalue weighted by molar-refractivity contribution is -0.130. The molecule has 0 aliphatic heterocycles. The van der Waals surface area contributed by atoms with Gasteiger partial charge in [-0.25, -0.2) is 0 Å². The molecular weight excluding hydrogens is 266 g/mol. The molecule has 0 aromatic rings. The maximum atomic E-state index is 11.8. The van der Waals surface area contributed by atoms with Crippen LogP contribution in [0.1, 0.15) is 51.9 Å². The van der Waals surface area contributed by atoms with Crippen LogP contribution in [0.15, 0.2) is 0 Å². The number of hydrogen-bond donors (Lipinski definition) is 0. The highest BCUT2D eigenvalue weighted by molar-refractivity contribution is 9.09. The van der Waals surface area contributed by atoms with E-state index in [0.717, 1.165) is 25.3 Å². The van der Waals surface area contributed by atoms with E-state index >= 15 is 0 Å². The Hall–Kier alpha value is -0.0500. The fourth-order valence-corrected chi connectivity index (χ4v) is 2.91. The summed E-state index contributed by atoms with van der Waals surface area (Å²) in [7, 11) is 1.90. The zero-order chi connectivity index (χ0) is 12.0. The van der Waals surface area contributed by atoms with Crippen molar-refractivity contribution >= 4 is 21.8 Å². The molecule has 2 nitrogen and oxygen atoms in total. The predicted molar refractivity (Wildman–Crippen MR) is 71.8 cm³/mol. The highest BCUT2D eigenvalue weighted by Gasteiger charge is 2.16. The molecular formula is C13H24BrNO. The van der Waals surface area contributed by atoms with Gasteiger partial charge in [-0.05, 0) is 12.3 Å². The third kappa shape index (κ3) is 5.33. The van der Waals surface area contributed by atoms with Crippen LogP contribution >= 0.6 is 15.9 Å². The van der Waals surface area contributed by atoms with E-state index in [2.05, 4.69) is 22.9 Å². The van der Waals surface area contributed by atoms with Gasteiger partial charge in [0.2, 0.25) is 5.91 Å². The molecule has 1 fully saturated rings. The molecule has 1 saturated carbocycles. The molecule has 0 aromatic carbocycles. The third-order valence-electron chi connectivity index (χ3n) is 3.44. The standard InChI is InChI=1S/C13H24BrNO/c1-11(14)10-15(2)13(16)9-8-12-6-4-3-5-7-12/h11-12H,3-10H2,1-2H3. The fraction of sp³-hybridized carbons (Fsp3) is 0.923. The molecule has 1 unspecified atom stereocenters. The minimum absolute atomic E-state index is 0.303. The lowest BCUT2D eigenvalue weighted by atomic mass is 9.86. The number of hydrogen-bond acceptors (Lipinski definition) is 1. The Morgan fingerprint density at radius 2 is 2.00 bits per heavy atom. The Labute approximate surface area is 108 Å². The highest BCUT2D eigenvalue weighted by atomic mass is 79.9. The molecule has 1 rings (SSSR count). The molecule has 0 saturated heterocycles. The van der Waals surface area contributed by atoms with Crippen LogP contribution in [0, 0.1) is 5.92 Å². The zero-order valence-electron chi connectivity index (χ0n) is 10.5. The number of carbonyl (C=O) groups excluding carboxylic acids is 1. The first-order valence-electron chi connectivity index (χ1n) is 6.47. The Morgan fingerprint density at radius 1 is 1.38 bits per heavy atom. The van der Waals surface area contributed by atoms with E-state index in [-0.39, 0.29) is 0 Å². The van der Waals surface area contributed by atoms with E-state index in [1.807, 2.05) is 11.9 Å². The summed E-state index contributed by atoms with van der Waals surface area (Å²) in [5.74, 6) is 1.12. The second kappa shape index (κ2) is 7.31. The van der Waals surface area contributed by atoms with Gasteiger partial charge in [0.15, 0.2) is 0 Å². The topological polar surface area (TPSA) is 20.3 Å². The molecule has 16 heavy (non-hydrogen) atoms. The number of amides is 1. The summed E-state index contributed by atoms with van der Waals surface area (Å²) in [6.45, 7) is 2.88. The van der Waals surface area contributed by atoms with Crippen LogP contribution in [0.5, 0.6) is 0 Å². The smallest absolute Gasteiger partial charge is 0.222 e. The molecule has 1 aliphatic carbocycles. The first kappa shape index (κ1) is 14.0. The number of alkyl halides is 1. The van der Waals surface area contributed by atoms with Gasteiger partial charge >= 0.3 is 0 Å². The Kier molecular flexibility index (Phi) is 6.40. The average molecular weight is 290 g/mol. The normalized spacial score (nSPS) is 19.4. The lowest BCUT2D eigenvalue weighted by Crippen LogP contribution is -2.31. The van der Waals surface area contributed by atoms with E-state index in [1.165, 1.54) is 32.1 Å². The van der Waals surface area contributed by atoms with Crippen molar-refractivity contribution in [1.82, 2.24) is 4.90 Å². The van der Waals surface area contributed by atoms with Crippen molar-refractivity contribution in [3.05, 3.63) is 0 Å². The molecule has 0 bridgehead atoms.